The van der Waals surface area contributed by atoms with E-state index in [1.165, 1.54) is 6.07 Å². The second-order valence-electron chi connectivity index (χ2n) is 8.24. The highest BCUT2D eigenvalue weighted by molar-refractivity contribution is 5.92. The second kappa shape index (κ2) is 6.93. The average molecular weight is 397 g/mol. The first kappa shape index (κ1) is 18.3. The van der Waals surface area contributed by atoms with Crippen molar-refractivity contribution in [3.63, 3.8) is 0 Å². The number of hydrogen-bond donors (Lipinski definition) is 3. The van der Waals surface area contributed by atoms with Gasteiger partial charge in [-0.15, -0.1) is 0 Å². The Morgan fingerprint density at radius 3 is 3.03 bits per heavy atom. The van der Waals surface area contributed by atoms with Gasteiger partial charge >= 0.3 is 5.69 Å². The summed E-state index contributed by atoms with van der Waals surface area (Å²) >= 11 is 0. The van der Waals surface area contributed by atoms with E-state index in [1.54, 1.807) is 24.4 Å². The lowest BCUT2D eigenvalue weighted by atomic mass is 9.73. The molecule has 0 aromatic carbocycles. The Morgan fingerprint density at radius 1 is 1.34 bits per heavy atom. The van der Waals surface area contributed by atoms with Gasteiger partial charge in [0.05, 0.1) is 11.7 Å². The number of aromatic amines is 2. The van der Waals surface area contributed by atoms with E-state index in [9.17, 15) is 14.4 Å². The van der Waals surface area contributed by atoms with E-state index in [1.807, 2.05) is 0 Å². The van der Waals surface area contributed by atoms with Crippen LogP contribution in [0.25, 0.3) is 0 Å². The van der Waals surface area contributed by atoms with E-state index < -0.39 is 11.2 Å². The molecule has 152 valence electrons. The van der Waals surface area contributed by atoms with Crippen LogP contribution in [-0.4, -0.2) is 57.1 Å². The van der Waals surface area contributed by atoms with Gasteiger partial charge in [0.2, 0.25) is 0 Å². The molecule has 1 spiro atoms. The minimum atomic E-state index is -0.489. The lowest BCUT2D eigenvalue weighted by Gasteiger charge is -2.29. The summed E-state index contributed by atoms with van der Waals surface area (Å²) in [6, 6.07) is 6.71. The molecular weight excluding hydrogens is 374 g/mol. The number of likely N-dealkylation sites (tertiary alicyclic amines) is 1. The van der Waals surface area contributed by atoms with Gasteiger partial charge in [-0.1, -0.05) is 6.07 Å². The van der Waals surface area contributed by atoms with Crippen molar-refractivity contribution in [3.8, 4) is 0 Å². The molecule has 0 radical (unpaired) electrons. The quantitative estimate of drug-likeness (QED) is 0.646. The third kappa shape index (κ3) is 3.30. The molecular formula is C20H23N5O4. The Labute approximate surface area is 166 Å². The summed E-state index contributed by atoms with van der Waals surface area (Å²) in [5.74, 6) is 0.400. The lowest BCUT2D eigenvalue weighted by molar-refractivity contribution is 0.00203. The van der Waals surface area contributed by atoms with Crippen LogP contribution in [0.2, 0.25) is 0 Å². The van der Waals surface area contributed by atoms with E-state index in [0.29, 0.717) is 30.4 Å². The largest absolute Gasteiger partial charge is 0.370 e. The van der Waals surface area contributed by atoms with Crippen molar-refractivity contribution in [2.24, 2.45) is 11.8 Å². The molecule has 0 aliphatic carbocycles. The number of nitrogens with zero attached hydrogens (tertiary/aromatic N) is 2. The van der Waals surface area contributed by atoms with Crippen LogP contribution in [0.15, 0.2) is 40.1 Å². The van der Waals surface area contributed by atoms with Crippen molar-refractivity contribution in [1.82, 2.24) is 25.2 Å². The van der Waals surface area contributed by atoms with Gasteiger partial charge < -0.3 is 15.0 Å². The molecule has 4 atom stereocenters. The maximum atomic E-state index is 12.4. The molecule has 5 heterocycles. The predicted molar refractivity (Wildman–Crippen MR) is 103 cm³/mol. The van der Waals surface area contributed by atoms with Crippen LogP contribution in [0.5, 0.6) is 0 Å². The molecule has 5 rings (SSSR count). The number of carbonyl (C=O) groups excluding carboxylic acids is 1. The highest BCUT2D eigenvalue weighted by Crippen LogP contribution is 2.54. The van der Waals surface area contributed by atoms with Gasteiger partial charge in [0.25, 0.3) is 11.5 Å². The number of amides is 1. The van der Waals surface area contributed by atoms with E-state index in [-0.39, 0.29) is 23.5 Å². The zero-order valence-corrected chi connectivity index (χ0v) is 15.9. The van der Waals surface area contributed by atoms with Gasteiger partial charge in [-0.3, -0.25) is 24.5 Å². The number of fused-ring (bicyclic) bond motifs is 1. The third-order valence-corrected chi connectivity index (χ3v) is 6.46. The van der Waals surface area contributed by atoms with Crippen LogP contribution in [0, 0.1) is 11.8 Å². The summed E-state index contributed by atoms with van der Waals surface area (Å²) in [4.78, 5) is 46.7. The van der Waals surface area contributed by atoms with Crippen molar-refractivity contribution in [1.29, 1.82) is 0 Å². The van der Waals surface area contributed by atoms with Crippen LogP contribution >= 0.6 is 0 Å². The number of carbonyl (C=O) groups is 1. The van der Waals surface area contributed by atoms with Crippen molar-refractivity contribution < 1.29 is 9.53 Å². The maximum Gasteiger partial charge on any atom is 0.325 e. The van der Waals surface area contributed by atoms with Crippen molar-refractivity contribution in [2.75, 3.05) is 19.6 Å². The summed E-state index contributed by atoms with van der Waals surface area (Å²) in [7, 11) is 0. The summed E-state index contributed by atoms with van der Waals surface area (Å²) in [6.07, 6.45) is 3.79. The number of ether oxygens (including phenoxy) is 1. The van der Waals surface area contributed by atoms with E-state index in [4.69, 9.17) is 4.74 Å². The summed E-state index contributed by atoms with van der Waals surface area (Å²) < 4.78 is 6.40. The highest BCUT2D eigenvalue weighted by atomic mass is 16.5. The number of aromatic nitrogens is 3. The Kier molecular flexibility index (Phi) is 4.36. The molecule has 3 aliphatic rings. The van der Waals surface area contributed by atoms with Crippen molar-refractivity contribution in [2.45, 2.75) is 31.1 Å². The average Bonchev–Trinajstić information content (AvgIpc) is 3.34. The molecule has 1 amide bonds. The molecule has 3 fully saturated rings. The normalized spacial score (nSPS) is 30.4. The zero-order valence-electron chi connectivity index (χ0n) is 15.9. The van der Waals surface area contributed by atoms with Crippen LogP contribution in [0.3, 0.4) is 0 Å². The van der Waals surface area contributed by atoms with Crippen molar-refractivity contribution >= 4 is 5.91 Å². The standard InChI is InChI=1S/C20H23N5O4/c26-17-7-12(23-19(28)24-17)9-25-10-14-13(16-4-5-20(14,11-25)29-16)8-22-18(27)15-3-1-2-6-21-15/h1-3,6-7,13-14,16H,4-5,8-11H2,(H,22,27)(H2,23,24,26,28)/t13-,14+,16+,20+/m0/s1. The topological polar surface area (TPSA) is 120 Å². The molecule has 9 nitrogen and oxygen atoms in total. The molecule has 3 N–H and O–H groups in total. The molecule has 0 saturated carbocycles. The molecule has 2 aromatic heterocycles. The van der Waals surface area contributed by atoms with E-state index in [2.05, 4.69) is 25.2 Å². The first-order valence-corrected chi connectivity index (χ1v) is 9.94. The van der Waals surface area contributed by atoms with Gasteiger partial charge in [0.1, 0.15) is 5.69 Å². The van der Waals surface area contributed by atoms with Gasteiger partial charge in [0.15, 0.2) is 0 Å². The van der Waals surface area contributed by atoms with Crippen molar-refractivity contribution in [3.05, 3.63) is 62.7 Å². The fourth-order valence-electron chi connectivity index (χ4n) is 5.32. The van der Waals surface area contributed by atoms with Crippen LogP contribution < -0.4 is 16.6 Å². The molecule has 9 heteroatoms. The SMILES string of the molecule is O=C(NC[C@H]1[C@H]2CN(Cc3cc(=O)[nH]c(=O)[nH]3)C[C@]23CC[C@H]1O3)c1ccccn1. The number of H-pyrrole nitrogens is 2. The predicted octanol–water partition coefficient (Wildman–Crippen LogP) is -0.132. The van der Waals surface area contributed by atoms with Crippen LogP contribution in [-0.2, 0) is 11.3 Å². The Balaban J connectivity index is 1.27. The third-order valence-electron chi connectivity index (χ3n) is 6.46. The van der Waals surface area contributed by atoms with Crippen LogP contribution in [0.4, 0.5) is 0 Å². The molecule has 2 bridgehead atoms. The van der Waals surface area contributed by atoms with Gasteiger partial charge in [0, 0.05) is 56.0 Å². The molecule has 0 unspecified atom stereocenters. The maximum absolute atomic E-state index is 12.4. The number of pyridine rings is 1. The van der Waals surface area contributed by atoms with E-state index >= 15 is 0 Å². The second-order valence-corrected chi connectivity index (χ2v) is 8.24. The minimum Gasteiger partial charge on any atom is -0.370 e. The van der Waals surface area contributed by atoms with Gasteiger partial charge in [-0.05, 0) is 25.0 Å². The first-order chi connectivity index (χ1) is 14.0. The molecule has 29 heavy (non-hydrogen) atoms. The number of nitrogens with one attached hydrogen (secondary N) is 3. The number of hydrogen-bond acceptors (Lipinski definition) is 6. The fraction of sp³-hybridized carbons (Fsp3) is 0.500. The smallest absolute Gasteiger partial charge is 0.325 e. The van der Waals surface area contributed by atoms with Gasteiger partial charge in [-0.25, -0.2) is 4.79 Å². The first-order valence-electron chi connectivity index (χ1n) is 9.94. The minimum absolute atomic E-state index is 0.168. The summed E-state index contributed by atoms with van der Waals surface area (Å²) in [6.45, 7) is 2.64. The molecule has 2 aromatic rings. The Morgan fingerprint density at radius 2 is 2.24 bits per heavy atom. The van der Waals surface area contributed by atoms with Crippen LogP contribution in [0.1, 0.15) is 29.0 Å². The zero-order chi connectivity index (χ0) is 20.0. The molecule has 3 aliphatic heterocycles. The molecule has 3 saturated heterocycles. The lowest BCUT2D eigenvalue weighted by Crippen LogP contribution is -2.42. The fourth-order valence-corrected chi connectivity index (χ4v) is 5.32. The highest BCUT2D eigenvalue weighted by Gasteiger charge is 2.62. The van der Waals surface area contributed by atoms with Gasteiger partial charge in [-0.2, -0.15) is 0 Å². The monoisotopic (exact) mass is 397 g/mol. The summed E-state index contributed by atoms with van der Waals surface area (Å²) in [5.41, 5.74) is -0.0553. The Hall–Kier alpha value is -2.78. The van der Waals surface area contributed by atoms with E-state index in [0.717, 1.165) is 25.9 Å². The Bertz CT molecular complexity index is 1010. The number of rotatable bonds is 5. The summed E-state index contributed by atoms with van der Waals surface area (Å²) in [5, 5.41) is 3.02.